The van der Waals surface area contributed by atoms with Crippen LogP contribution >= 0.6 is 0 Å². The normalized spacial score (nSPS) is 19.9. The van der Waals surface area contributed by atoms with Crippen molar-refractivity contribution in [3.05, 3.63) is 145 Å². The number of pyridine rings is 1. The molecule has 0 saturated heterocycles. The van der Waals surface area contributed by atoms with E-state index in [1.54, 1.807) is 0 Å². The Balaban J connectivity index is 1.40. The van der Waals surface area contributed by atoms with E-state index < -0.39 is 5.54 Å². The smallest absolute Gasteiger partial charge is 0.288 e. The average molecular weight is 540 g/mol. The second-order valence-electron chi connectivity index (χ2n) is 11.6. The molecular formula is C37H23N4O+. The number of anilines is 4. The van der Waals surface area contributed by atoms with Crippen LogP contribution in [0.15, 0.2) is 134 Å². The minimum Gasteiger partial charge on any atom is -0.456 e. The molecule has 4 aliphatic rings. The van der Waals surface area contributed by atoms with Crippen molar-refractivity contribution in [1.82, 2.24) is 4.57 Å². The van der Waals surface area contributed by atoms with E-state index >= 15 is 0 Å². The van der Waals surface area contributed by atoms with Crippen molar-refractivity contribution in [3.63, 3.8) is 0 Å². The highest BCUT2D eigenvalue weighted by molar-refractivity contribution is 6.12. The number of benzene rings is 5. The molecule has 7 aromatic rings. The summed E-state index contributed by atoms with van der Waals surface area (Å²) in [6.07, 6.45) is 2.18. The van der Waals surface area contributed by atoms with Crippen LogP contribution in [0, 0.1) is 0 Å². The highest BCUT2D eigenvalue weighted by Gasteiger charge is 2.69. The molecule has 5 aromatic carbocycles. The van der Waals surface area contributed by atoms with Gasteiger partial charge in [-0.25, -0.2) is 4.57 Å². The van der Waals surface area contributed by atoms with Crippen LogP contribution in [0.4, 0.5) is 22.7 Å². The van der Waals surface area contributed by atoms with E-state index in [-0.39, 0.29) is 6.17 Å². The minimum absolute atomic E-state index is 0.0976. The van der Waals surface area contributed by atoms with Gasteiger partial charge in [-0.1, -0.05) is 54.6 Å². The first-order chi connectivity index (χ1) is 20.9. The summed E-state index contributed by atoms with van der Waals surface area (Å²) < 4.78 is 11.8. The third-order valence-corrected chi connectivity index (χ3v) is 9.79. The van der Waals surface area contributed by atoms with Gasteiger partial charge in [-0.3, -0.25) is 0 Å². The van der Waals surface area contributed by atoms with Gasteiger partial charge in [-0.15, -0.1) is 0 Å². The van der Waals surface area contributed by atoms with Gasteiger partial charge in [0.25, 0.3) is 5.82 Å². The van der Waals surface area contributed by atoms with Crippen LogP contribution in [0.25, 0.3) is 27.6 Å². The SMILES string of the molecule is c1ccc(N2c3ccccc3N3c4cccc5c4C4(c6c(ccc7c8ccccc8n(c67)-c6cccc[n+]64)O5)C23)cc1. The molecule has 196 valence electrons. The zero-order valence-corrected chi connectivity index (χ0v) is 22.5. The van der Waals surface area contributed by atoms with E-state index in [0.29, 0.717) is 0 Å². The first-order valence-electron chi connectivity index (χ1n) is 14.5. The first kappa shape index (κ1) is 21.2. The van der Waals surface area contributed by atoms with Crippen LogP contribution in [-0.2, 0) is 5.54 Å². The van der Waals surface area contributed by atoms with Crippen molar-refractivity contribution in [2.75, 3.05) is 9.80 Å². The Labute approximate surface area is 241 Å². The first-order valence-corrected chi connectivity index (χ1v) is 14.5. The molecular weight excluding hydrogens is 516 g/mol. The minimum atomic E-state index is -0.588. The number of nitrogens with zero attached hydrogens (tertiary/aromatic N) is 4. The van der Waals surface area contributed by atoms with Crippen LogP contribution in [0.3, 0.4) is 0 Å². The number of hydrogen-bond donors (Lipinski definition) is 0. The largest absolute Gasteiger partial charge is 0.456 e. The van der Waals surface area contributed by atoms with Crippen molar-refractivity contribution < 1.29 is 9.30 Å². The van der Waals surface area contributed by atoms with Crippen molar-refractivity contribution in [2.45, 2.75) is 11.7 Å². The summed E-state index contributed by atoms with van der Waals surface area (Å²) in [5.41, 5.74) is 9.08. The highest BCUT2D eigenvalue weighted by Crippen LogP contribution is 2.66. The molecule has 6 heterocycles. The summed E-state index contributed by atoms with van der Waals surface area (Å²) in [6, 6.07) is 46.0. The van der Waals surface area contributed by atoms with Crippen LogP contribution in [-0.4, -0.2) is 10.7 Å². The van der Waals surface area contributed by atoms with Crippen molar-refractivity contribution in [3.8, 4) is 17.3 Å². The van der Waals surface area contributed by atoms with Crippen molar-refractivity contribution in [1.29, 1.82) is 0 Å². The molecule has 0 saturated carbocycles. The molecule has 0 amide bonds. The molecule has 0 N–H and O–H groups in total. The van der Waals surface area contributed by atoms with Gasteiger partial charge in [0.05, 0.1) is 34.4 Å². The Morgan fingerprint density at radius 3 is 2.21 bits per heavy atom. The topological polar surface area (TPSA) is 24.5 Å². The Hall–Kier alpha value is -5.55. The predicted octanol–water partition coefficient (Wildman–Crippen LogP) is 7.91. The summed E-state index contributed by atoms with van der Waals surface area (Å²) >= 11 is 0. The maximum Gasteiger partial charge on any atom is 0.288 e. The number of hydrogen-bond acceptors (Lipinski definition) is 3. The average Bonchev–Trinajstić information content (AvgIpc) is 3.68. The van der Waals surface area contributed by atoms with E-state index in [1.165, 1.54) is 55.7 Å². The standard InChI is InChI=1S/C37H23N4O/c1-2-11-23(12-3-1)39-27-15-6-7-16-28(27)40-29-17-10-18-30-33(29)37(36(39)40)34-31(42-30)21-20-25-24-13-4-5-14-26(24)41(35(25)34)32-19-8-9-22-38(32)37/h1-22,36H/q+1. The molecule has 2 aromatic heterocycles. The molecule has 5 heteroatoms. The molecule has 2 unspecified atom stereocenters. The van der Waals surface area contributed by atoms with E-state index in [2.05, 4.69) is 153 Å². The second kappa shape index (κ2) is 7.01. The Morgan fingerprint density at radius 1 is 0.571 bits per heavy atom. The predicted molar refractivity (Wildman–Crippen MR) is 165 cm³/mol. The van der Waals surface area contributed by atoms with Crippen LogP contribution < -0.4 is 19.1 Å². The summed E-state index contributed by atoms with van der Waals surface area (Å²) in [6.45, 7) is 0. The molecule has 11 rings (SSSR count). The molecule has 4 aliphatic heterocycles. The van der Waals surface area contributed by atoms with E-state index in [4.69, 9.17) is 4.74 Å². The van der Waals surface area contributed by atoms with Crippen LogP contribution in [0.2, 0.25) is 0 Å². The lowest BCUT2D eigenvalue weighted by molar-refractivity contribution is -0.741. The quantitative estimate of drug-likeness (QED) is 0.198. The molecule has 2 atom stereocenters. The molecule has 0 radical (unpaired) electrons. The zero-order valence-electron chi connectivity index (χ0n) is 22.5. The number of para-hydroxylation sites is 4. The molecule has 0 bridgehead atoms. The van der Waals surface area contributed by atoms with E-state index in [9.17, 15) is 0 Å². The third-order valence-electron chi connectivity index (χ3n) is 9.79. The van der Waals surface area contributed by atoms with Gasteiger partial charge in [-0.05, 0) is 66.7 Å². The summed E-state index contributed by atoms with van der Waals surface area (Å²) in [4.78, 5) is 5.11. The van der Waals surface area contributed by atoms with Crippen molar-refractivity contribution >= 4 is 44.6 Å². The number of ether oxygens (including phenoxy) is 1. The Bertz CT molecular complexity index is 2320. The monoisotopic (exact) mass is 539 g/mol. The molecule has 5 nitrogen and oxygen atoms in total. The summed E-state index contributed by atoms with van der Waals surface area (Å²) in [7, 11) is 0. The van der Waals surface area contributed by atoms with Gasteiger partial charge in [-0.2, -0.15) is 4.57 Å². The number of aromatic nitrogens is 2. The fourth-order valence-electron chi connectivity index (χ4n) is 8.46. The van der Waals surface area contributed by atoms with Gasteiger partial charge in [0.1, 0.15) is 17.0 Å². The Kier molecular flexibility index (Phi) is 3.55. The zero-order chi connectivity index (χ0) is 27.2. The number of fused-ring (bicyclic) bond motifs is 9. The molecule has 0 fully saturated rings. The molecule has 42 heavy (non-hydrogen) atoms. The maximum absolute atomic E-state index is 6.86. The Morgan fingerprint density at radius 2 is 1.31 bits per heavy atom. The van der Waals surface area contributed by atoms with Crippen LogP contribution in [0.1, 0.15) is 11.1 Å². The lowest BCUT2D eigenvalue weighted by atomic mass is 9.76. The van der Waals surface area contributed by atoms with Crippen molar-refractivity contribution in [2.24, 2.45) is 0 Å². The van der Waals surface area contributed by atoms with Gasteiger partial charge >= 0.3 is 0 Å². The highest BCUT2D eigenvalue weighted by atomic mass is 16.5. The number of rotatable bonds is 1. The van der Waals surface area contributed by atoms with Gasteiger partial charge in [0.15, 0.2) is 11.7 Å². The van der Waals surface area contributed by atoms with Gasteiger partial charge in [0, 0.05) is 22.5 Å². The summed E-state index contributed by atoms with van der Waals surface area (Å²) in [5, 5.41) is 2.51. The second-order valence-corrected chi connectivity index (χ2v) is 11.6. The fraction of sp³-hybridized carbons (Fsp3) is 0.0541. The van der Waals surface area contributed by atoms with E-state index in [0.717, 1.165) is 17.3 Å². The fourth-order valence-corrected chi connectivity index (χ4v) is 8.46. The lowest BCUT2D eigenvalue weighted by Crippen LogP contribution is -2.70. The maximum atomic E-state index is 6.86. The van der Waals surface area contributed by atoms with Gasteiger partial charge < -0.3 is 14.5 Å². The van der Waals surface area contributed by atoms with E-state index in [1.807, 2.05) is 0 Å². The third kappa shape index (κ3) is 2.13. The molecule has 1 spiro atoms. The molecule has 0 aliphatic carbocycles. The van der Waals surface area contributed by atoms with Gasteiger partial charge in [0.2, 0.25) is 5.54 Å². The lowest BCUT2D eigenvalue weighted by Gasteiger charge is -2.44. The van der Waals surface area contributed by atoms with Crippen LogP contribution in [0.5, 0.6) is 11.5 Å². The summed E-state index contributed by atoms with van der Waals surface area (Å²) in [5.74, 6) is 3.00.